The van der Waals surface area contributed by atoms with Crippen molar-refractivity contribution < 1.29 is 0 Å². The van der Waals surface area contributed by atoms with Crippen LogP contribution >= 0.6 is 15.9 Å². The van der Waals surface area contributed by atoms with E-state index in [1.54, 1.807) is 0 Å². The summed E-state index contributed by atoms with van der Waals surface area (Å²) in [6, 6.07) is 8.36. The van der Waals surface area contributed by atoms with Crippen LogP contribution in [0.1, 0.15) is 37.9 Å². The maximum Gasteiger partial charge on any atom is 0.137 e. The Morgan fingerprint density at radius 1 is 1.06 bits per heavy atom. The summed E-state index contributed by atoms with van der Waals surface area (Å²) >= 11 is 3.57. The smallest absolute Gasteiger partial charge is 0.137 e. The molecule has 1 aliphatic heterocycles. The molecule has 8 nitrogen and oxygen atoms in total. The molecule has 0 bridgehead atoms. The van der Waals surface area contributed by atoms with Crippen LogP contribution in [0.15, 0.2) is 53.5 Å². The van der Waals surface area contributed by atoms with E-state index in [0.29, 0.717) is 12.0 Å². The molecule has 0 aliphatic carbocycles. The van der Waals surface area contributed by atoms with Crippen LogP contribution in [0.4, 0.5) is 0 Å². The molecular weight excluding hydrogens is 492 g/mol. The first-order valence-electron chi connectivity index (χ1n) is 11.6. The van der Waals surface area contributed by atoms with Crippen molar-refractivity contribution in [1.82, 2.24) is 39.5 Å². The molecule has 1 aliphatic rings. The molecule has 5 heterocycles. The fourth-order valence-corrected chi connectivity index (χ4v) is 5.19. The third kappa shape index (κ3) is 4.25. The van der Waals surface area contributed by atoms with Gasteiger partial charge in [-0.2, -0.15) is 5.10 Å². The van der Waals surface area contributed by atoms with Crippen molar-refractivity contribution in [3.8, 4) is 11.3 Å². The molecule has 1 N–H and O–H groups in total. The van der Waals surface area contributed by atoms with Gasteiger partial charge in [0.05, 0.1) is 30.1 Å². The van der Waals surface area contributed by atoms with E-state index in [2.05, 4.69) is 84.1 Å². The summed E-state index contributed by atoms with van der Waals surface area (Å²) < 4.78 is 4.93. The first kappa shape index (κ1) is 21.5. The lowest BCUT2D eigenvalue weighted by Crippen LogP contribution is -2.36. The quantitative estimate of drug-likeness (QED) is 0.357. The monoisotopic (exact) mass is 518 g/mol. The molecule has 9 heteroatoms. The SMILES string of the molecule is CC1(C)CCN(Cc2ccc3nc(Cn4cc(-c5cc(Br)cc6[nH]ncc56)nn4)cn3c2)CC1. The molecule has 0 atom stereocenters. The van der Waals surface area contributed by atoms with E-state index < -0.39 is 0 Å². The Morgan fingerprint density at radius 2 is 1.91 bits per heavy atom. The lowest BCUT2D eigenvalue weighted by molar-refractivity contribution is 0.127. The van der Waals surface area contributed by atoms with Crippen molar-refractivity contribution in [2.24, 2.45) is 5.41 Å². The number of halogens is 1. The summed E-state index contributed by atoms with van der Waals surface area (Å²) in [5, 5.41) is 17.0. The minimum atomic E-state index is 0.475. The number of aromatic amines is 1. The third-order valence-electron chi connectivity index (χ3n) is 6.84. The highest BCUT2D eigenvalue weighted by molar-refractivity contribution is 9.10. The van der Waals surface area contributed by atoms with Crippen LogP contribution in [0, 0.1) is 5.41 Å². The molecule has 0 saturated carbocycles. The van der Waals surface area contributed by atoms with Crippen LogP contribution in [0.3, 0.4) is 0 Å². The average Bonchev–Trinajstić information content (AvgIpc) is 3.54. The number of likely N-dealkylation sites (tertiary alicyclic amines) is 1. The van der Waals surface area contributed by atoms with Crippen molar-refractivity contribution in [2.75, 3.05) is 13.1 Å². The van der Waals surface area contributed by atoms with Crippen LogP contribution in [0.5, 0.6) is 0 Å². The fraction of sp³-hybridized carbons (Fsp3) is 0.360. The largest absolute Gasteiger partial charge is 0.306 e. The zero-order valence-electron chi connectivity index (χ0n) is 19.4. The van der Waals surface area contributed by atoms with Gasteiger partial charge < -0.3 is 4.40 Å². The molecule has 34 heavy (non-hydrogen) atoms. The Morgan fingerprint density at radius 3 is 2.76 bits per heavy atom. The zero-order valence-corrected chi connectivity index (χ0v) is 21.0. The van der Waals surface area contributed by atoms with Crippen molar-refractivity contribution in [3.05, 3.63) is 64.8 Å². The second kappa shape index (κ2) is 8.32. The van der Waals surface area contributed by atoms with Crippen LogP contribution in [-0.4, -0.2) is 52.6 Å². The maximum atomic E-state index is 4.79. The highest BCUT2D eigenvalue weighted by Gasteiger charge is 2.25. The molecule has 0 unspecified atom stereocenters. The van der Waals surface area contributed by atoms with Gasteiger partial charge in [-0.3, -0.25) is 10.00 Å². The van der Waals surface area contributed by atoms with Crippen LogP contribution in [0.25, 0.3) is 27.8 Å². The standard InChI is InChI=1S/C25H27BrN8/c1-25(2)5-7-32(8-6-25)12-17-3-4-24-28-19(14-33(24)13-17)15-34-16-23(30-31-34)20-9-18(26)10-22-21(20)11-27-29-22/h3-4,9-11,13-14,16H,5-8,12,15H2,1-2H3,(H,27,29). The number of benzene rings is 1. The van der Waals surface area contributed by atoms with Crippen LogP contribution in [0.2, 0.25) is 0 Å². The Bertz CT molecular complexity index is 1470. The summed E-state index contributed by atoms with van der Waals surface area (Å²) in [5.41, 5.74) is 6.46. The molecule has 1 saturated heterocycles. The minimum absolute atomic E-state index is 0.475. The van der Waals surface area contributed by atoms with Gasteiger partial charge in [0.1, 0.15) is 11.3 Å². The Hall–Kier alpha value is -3.04. The van der Waals surface area contributed by atoms with Crippen molar-refractivity contribution in [3.63, 3.8) is 0 Å². The van der Waals surface area contributed by atoms with Gasteiger partial charge in [-0.15, -0.1) is 5.10 Å². The summed E-state index contributed by atoms with van der Waals surface area (Å²) in [7, 11) is 0. The average molecular weight is 519 g/mol. The predicted octanol–water partition coefficient (Wildman–Crippen LogP) is 4.90. The van der Waals surface area contributed by atoms with Crippen LogP contribution in [-0.2, 0) is 13.1 Å². The van der Waals surface area contributed by atoms with Gasteiger partial charge in [0, 0.05) is 34.4 Å². The van der Waals surface area contributed by atoms with Gasteiger partial charge in [0.2, 0.25) is 0 Å². The summed E-state index contributed by atoms with van der Waals surface area (Å²) in [6.07, 6.45) is 10.6. The number of hydrogen-bond acceptors (Lipinski definition) is 5. The predicted molar refractivity (Wildman–Crippen MR) is 135 cm³/mol. The Labute approximate surface area is 206 Å². The van der Waals surface area contributed by atoms with Gasteiger partial charge >= 0.3 is 0 Å². The highest BCUT2D eigenvalue weighted by atomic mass is 79.9. The number of imidazole rings is 1. The van der Waals surface area contributed by atoms with Gasteiger partial charge in [-0.1, -0.05) is 41.1 Å². The minimum Gasteiger partial charge on any atom is -0.306 e. The second-order valence-corrected chi connectivity index (χ2v) is 11.0. The number of piperidine rings is 1. The summed E-state index contributed by atoms with van der Waals surface area (Å²) in [4.78, 5) is 7.35. The lowest BCUT2D eigenvalue weighted by atomic mass is 9.82. The topological polar surface area (TPSA) is 79.9 Å². The molecule has 1 aromatic carbocycles. The third-order valence-corrected chi connectivity index (χ3v) is 7.30. The number of fused-ring (bicyclic) bond motifs is 2. The van der Waals surface area contributed by atoms with Crippen molar-refractivity contribution >= 4 is 32.5 Å². The molecule has 1 fully saturated rings. The summed E-state index contributed by atoms with van der Waals surface area (Å²) in [6.45, 7) is 8.63. The lowest BCUT2D eigenvalue weighted by Gasteiger charge is -2.36. The molecule has 4 aromatic heterocycles. The van der Waals surface area contributed by atoms with E-state index in [4.69, 9.17) is 4.98 Å². The van der Waals surface area contributed by atoms with E-state index in [0.717, 1.165) is 57.6 Å². The Balaban J connectivity index is 1.19. The molecule has 5 aromatic rings. The zero-order chi connectivity index (χ0) is 23.3. The maximum absolute atomic E-state index is 4.79. The van der Waals surface area contributed by atoms with Crippen molar-refractivity contribution in [1.29, 1.82) is 0 Å². The number of nitrogens with zero attached hydrogens (tertiary/aromatic N) is 7. The van der Waals surface area contributed by atoms with Gasteiger partial charge in [-0.05, 0) is 55.1 Å². The number of H-pyrrole nitrogens is 1. The van der Waals surface area contributed by atoms with E-state index in [1.165, 1.54) is 18.4 Å². The molecule has 6 rings (SSSR count). The molecular formula is C25H27BrN8. The second-order valence-electron chi connectivity index (χ2n) is 10.1. The number of nitrogens with one attached hydrogen (secondary N) is 1. The number of aromatic nitrogens is 7. The summed E-state index contributed by atoms with van der Waals surface area (Å²) in [5.74, 6) is 0. The number of rotatable bonds is 5. The van der Waals surface area contributed by atoms with Gasteiger partial charge in [0.15, 0.2) is 0 Å². The van der Waals surface area contributed by atoms with Crippen molar-refractivity contribution in [2.45, 2.75) is 39.8 Å². The normalized spacial score (nSPS) is 16.6. The highest BCUT2D eigenvalue weighted by Crippen LogP contribution is 2.31. The van der Waals surface area contributed by atoms with E-state index in [9.17, 15) is 0 Å². The fourth-order valence-electron chi connectivity index (χ4n) is 4.73. The van der Waals surface area contributed by atoms with E-state index >= 15 is 0 Å². The molecule has 174 valence electrons. The van der Waals surface area contributed by atoms with E-state index in [1.807, 2.05) is 29.2 Å². The number of hydrogen-bond donors (Lipinski definition) is 1. The van der Waals surface area contributed by atoms with Gasteiger partial charge in [0.25, 0.3) is 0 Å². The molecule has 0 radical (unpaired) electrons. The number of pyridine rings is 1. The van der Waals surface area contributed by atoms with E-state index in [-0.39, 0.29) is 0 Å². The van der Waals surface area contributed by atoms with Crippen LogP contribution < -0.4 is 0 Å². The van der Waals surface area contributed by atoms with Gasteiger partial charge in [-0.25, -0.2) is 9.67 Å². The Kier molecular flexibility index (Phi) is 5.26. The molecule has 0 amide bonds. The first-order valence-corrected chi connectivity index (χ1v) is 12.4. The first-order chi connectivity index (χ1) is 16.4. The molecule has 0 spiro atoms.